The van der Waals surface area contributed by atoms with Gasteiger partial charge in [0.2, 0.25) is 0 Å². The van der Waals surface area contributed by atoms with Crippen molar-refractivity contribution in [2.75, 3.05) is 0 Å². The summed E-state index contributed by atoms with van der Waals surface area (Å²) in [6.45, 7) is 3.91. The van der Waals surface area contributed by atoms with Gasteiger partial charge >= 0.3 is 6.09 Å². The Morgan fingerprint density at radius 2 is 1.48 bits per heavy atom. The van der Waals surface area contributed by atoms with Gasteiger partial charge in [0, 0.05) is 6.54 Å². The highest BCUT2D eigenvalue weighted by atomic mass is 16.6. The molecule has 0 spiro atoms. The van der Waals surface area contributed by atoms with Crippen molar-refractivity contribution in [1.82, 2.24) is 10.0 Å². The maximum atomic E-state index is 13.5. The number of hydrazine groups is 1. The van der Waals surface area contributed by atoms with Gasteiger partial charge in [-0.15, -0.1) is 0 Å². The number of ether oxygens (including phenoxy) is 1. The second-order valence-corrected chi connectivity index (χ2v) is 8.33. The van der Waals surface area contributed by atoms with Gasteiger partial charge in [-0.2, -0.15) is 10.0 Å². The molecule has 0 bridgehead atoms. The Bertz CT molecular complexity index is 1080. The maximum absolute atomic E-state index is 13.5. The van der Waals surface area contributed by atoms with E-state index in [4.69, 9.17) is 4.74 Å². The summed E-state index contributed by atoms with van der Waals surface area (Å²) in [5, 5.41) is 13.6. The summed E-state index contributed by atoms with van der Waals surface area (Å²) in [7, 11) is 0. The number of cyclic esters (lactones) is 1. The first-order valence-electron chi connectivity index (χ1n) is 11.1. The third-order valence-electron chi connectivity index (χ3n) is 6.09. The van der Waals surface area contributed by atoms with E-state index in [2.05, 4.69) is 0 Å². The molecule has 1 heterocycles. The SMILES string of the molecule is C[C@H](C(=O)N1C(=O)O[C@H](c2ccccc2)[C@H](C)N1Cc1ccccc1)[C@H](O)c1ccccc1. The lowest BCUT2D eigenvalue weighted by molar-refractivity contribution is -0.177. The number of imide groups is 1. The average molecular weight is 445 g/mol. The average Bonchev–Trinajstić information content (AvgIpc) is 2.86. The molecule has 1 aliphatic rings. The molecule has 4 atom stereocenters. The number of amides is 2. The lowest BCUT2D eigenvalue weighted by Crippen LogP contribution is -2.61. The number of aliphatic hydroxyl groups excluding tert-OH is 1. The molecule has 4 rings (SSSR count). The van der Waals surface area contributed by atoms with Crippen LogP contribution >= 0.6 is 0 Å². The molecule has 3 aromatic rings. The molecule has 0 aromatic heterocycles. The van der Waals surface area contributed by atoms with Crippen molar-refractivity contribution in [2.45, 2.75) is 38.6 Å². The van der Waals surface area contributed by atoms with Gasteiger partial charge in [0.25, 0.3) is 5.91 Å². The Morgan fingerprint density at radius 1 is 0.939 bits per heavy atom. The largest absolute Gasteiger partial charge is 0.438 e. The number of carbonyl (C=O) groups is 2. The summed E-state index contributed by atoms with van der Waals surface area (Å²) in [4.78, 5) is 26.7. The van der Waals surface area contributed by atoms with E-state index in [1.54, 1.807) is 36.2 Å². The number of carbonyl (C=O) groups excluding carboxylic acids is 2. The Kier molecular flexibility index (Phi) is 6.87. The standard InChI is InChI=1S/C27H28N2O4/c1-19(24(30)22-14-8-4-9-15-22)26(31)29-27(32)33-25(23-16-10-5-11-17-23)20(2)28(29)18-21-12-6-3-7-13-21/h3-17,19-20,24-25,30H,18H2,1-2H3/t19-,20-,24-,25-/m0/s1. The van der Waals surface area contributed by atoms with E-state index in [0.717, 1.165) is 16.1 Å². The second kappa shape index (κ2) is 9.98. The highest BCUT2D eigenvalue weighted by Gasteiger charge is 2.45. The third-order valence-corrected chi connectivity index (χ3v) is 6.09. The number of nitrogens with zero attached hydrogens (tertiary/aromatic N) is 2. The fraction of sp³-hybridized carbons (Fsp3) is 0.259. The summed E-state index contributed by atoms with van der Waals surface area (Å²) in [5.74, 6) is -1.36. The van der Waals surface area contributed by atoms with Crippen LogP contribution in [0.1, 0.15) is 42.7 Å². The topological polar surface area (TPSA) is 70.1 Å². The van der Waals surface area contributed by atoms with Crippen LogP contribution in [0.15, 0.2) is 91.0 Å². The number of aliphatic hydroxyl groups is 1. The van der Waals surface area contributed by atoms with Crippen LogP contribution in [0.4, 0.5) is 4.79 Å². The zero-order valence-corrected chi connectivity index (χ0v) is 18.7. The molecule has 170 valence electrons. The van der Waals surface area contributed by atoms with Crippen LogP contribution in [0.2, 0.25) is 0 Å². The molecular formula is C27H28N2O4. The van der Waals surface area contributed by atoms with E-state index in [-0.39, 0.29) is 6.04 Å². The van der Waals surface area contributed by atoms with Crippen molar-refractivity contribution in [3.05, 3.63) is 108 Å². The second-order valence-electron chi connectivity index (χ2n) is 8.33. The fourth-order valence-electron chi connectivity index (χ4n) is 4.16. The van der Waals surface area contributed by atoms with Gasteiger partial charge in [-0.3, -0.25) is 4.79 Å². The first-order chi connectivity index (χ1) is 16.0. The van der Waals surface area contributed by atoms with Gasteiger partial charge in [0.05, 0.1) is 18.1 Å². The quantitative estimate of drug-likeness (QED) is 0.587. The Balaban J connectivity index is 1.65. The lowest BCUT2D eigenvalue weighted by Gasteiger charge is -2.45. The van der Waals surface area contributed by atoms with Crippen molar-refractivity contribution in [2.24, 2.45) is 5.92 Å². The highest BCUT2D eigenvalue weighted by molar-refractivity contribution is 5.93. The van der Waals surface area contributed by atoms with E-state index >= 15 is 0 Å². The molecule has 0 unspecified atom stereocenters. The van der Waals surface area contributed by atoms with Gasteiger partial charge < -0.3 is 9.84 Å². The zero-order chi connectivity index (χ0) is 23.4. The first-order valence-corrected chi connectivity index (χ1v) is 11.1. The van der Waals surface area contributed by atoms with Crippen molar-refractivity contribution in [3.8, 4) is 0 Å². The van der Waals surface area contributed by atoms with Gasteiger partial charge in [-0.1, -0.05) is 97.9 Å². The molecule has 1 fully saturated rings. The molecule has 2 amide bonds. The number of hydrogen-bond donors (Lipinski definition) is 1. The van der Waals surface area contributed by atoms with Crippen LogP contribution in [0.3, 0.4) is 0 Å². The summed E-state index contributed by atoms with van der Waals surface area (Å²) in [6, 6.07) is 27.9. The molecule has 0 saturated carbocycles. The van der Waals surface area contributed by atoms with Gasteiger partial charge in [0.15, 0.2) is 0 Å². The fourth-order valence-corrected chi connectivity index (χ4v) is 4.16. The maximum Gasteiger partial charge on any atom is 0.432 e. The first kappa shape index (κ1) is 22.7. The minimum Gasteiger partial charge on any atom is -0.438 e. The Hall–Kier alpha value is -3.48. The molecule has 3 aromatic carbocycles. The van der Waals surface area contributed by atoms with Crippen LogP contribution in [0, 0.1) is 5.92 Å². The van der Waals surface area contributed by atoms with E-state index in [0.29, 0.717) is 12.1 Å². The normalized spacial score (nSPS) is 20.7. The van der Waals surface area contributed by atoms with Crippen LogP contribution < -0.4 is 0 Å². The van der Waals surface area contributed by atoms with Gasteiger partial charge in [-0.05, 0) is 23.6 Å². The number of rotatable bonds is 6. The molecule has 0 aliphatic carbocycles. The summed E-state index contributed by atoms with van der Waals surface area (Å²) in [6.07, 6.45) is -2.32. The Labute approximate surface area is 194 Å². The van der Waals surface area contributed by atoms with E-state index in [9.17, 15) is 14.7 Å². The van der Waals surface area contributed by atoms with Crippen LogP contribution in [0.5, 0.6) is 0 Å². The van der Waals surface area contributed by atoms with Gasteiger partial charge in [-0.25, -0.2) is 4.79 Å². The van der Waals surface area contributed by atoms with Crippen molar-refractivity contribution in [1.29, 1.82) is 0 Å². The molecule has 1 saturated heterocycles. The zero-order valence-electron chi connectivity index (χ0n) is 18.7. The van der Waals surface area contributed by atoms with E-state index in [1.165, 1.54) is 0 Å². The lowest BCUT2D eigenvalue weighted by atomic mass is 9.96. The Morgan fingerprint density at radius 3 is 2.09 bits per heavy atom. The van der Waals surface area contributed by atoms with Crippen LogP contribution in [-0.2, 0) is 16.1 Å². The monoisotopic (exact) mass is 444 g/mol. The molecule has 1 N–H and O–H groups in total. The number of hydrogen-bond acceptors (Lipinski definition) is 5. The number of benzene rings is 3. The smallest absolute Gasteiger partial charge is 0.432 e. The van der Waals surface area contributed by atoms with Crippen molar-refractivity contribution >= 4 is 12.0 Å². The molecular weight excluding hydrogens is 416 g/mol. The predicted molar refractivity (Wildman–Crippen MR) is 125 cm³/mol. The van der Waals surface area contributed by atoms with Crippen molar-refractivity contribution < 1.29 is 19.4 Å². The highest BCUT2D eigenvalue weighted by Crippen LogP contribution is 2.34. The minimum absolute atomic E-state index is 0.310. The van der Waals surface area contributed by atoms with Crippen LogP contribution in [0.25, 0.3) is 0 Å². The third kappa shape index (κ3) is 4.82. The van der Waals surface area contributed by atoms with E-state index in [1.807, 2.05) is 73.7 Å². The molecule has 0 radical (unpaired) electrons. The molecule has 1 aliphatic heterocycles. The van der Waals surface area contributed by atoms with Crippen molar-refractivity contribution in [3.63, 3.8) is 0 Å². The molecule has 6 nitrogen and oxygen atoms in total. The molecule has 6 heteroatoms. The minimum atomic E-state index is -1.05. The van der Waals surface area contributed by atoms with Crippen LogP contribution in [-0.4, -0.2) is 33.2 Å². The summed E-state index contributed by atoms with van der Waals surface area (Å²) < 4.78 is 5.76. The molecule has 33 heavy (non-hydrogen) atoms. The van der Waals surface area contributed by atoms with Gasteiger partial charge in [0.1, 0.15) is 6.10 Å². The van der Waals surface area contributed by atoms with E-state index < -0.39 is 30.1 Å². The summed E-state index contributed by atoms with van der Waals surface area (Å²) >= 11 is 0. The predicted octanol–water partition coefficient (Wildman–Crippen LogP) is 4.88. The summed E-state index contributed by atoms with van der Waals surface area (Å²) in [5.41, 5.74) is 2.44.